The number of rotatable bonds is 12. The number of allylic oxidation sites excluding steroid dienone is 10. The van der Waals surface area contributed by atoms with E-state index in [4.69, 9.17) is 37.3 Å². The molecule has 122 heavy (non-hydrogen) atoms. The van der Waals surface area contributed by atoms with E-state index in [1.165, 1.54) is 42.0 Å². The second-order valence-corrected chi connectivity index (χ2v) is 40.7. The molecule has 4 aliphatic carbocycles. The summed E-state index contributed by atoms with van der Waals surface area (Å²) in [4.78, 5) is 48.3. The van der Waals surface area contributed by atoms with Crippen LogP contribution in [-0.4, -0.2) is 157 Å². The Bertz CT molecular complexity index is 6390. The first-order chi connectivity index (χ1) is 58.4. The van der Waals surface area contributed by atoms with E-state index in [9.17, 15) is 70.2 Å². The molecule has 0 aromatic heterocycles. The third kappa shape index (κ3) is 16.1. The number of aliphatic hydroxyl groups is 8. The summed E-state index contributed by atoms with van der Waals surface area (Å²) in [7, 11) is -1.22. The lowest BCUT2D eigenvalue weighted by Gasteiger charge is -2.40. The van der Waals surface area contributed by atoms with E-state index in [0.717, 1.165) is 138 Å². The first-order valence-corrected chi connectivity index (χ1v) is 45.8. The first-order valence-electron chi connectivity index (χ1n) is 39.8. The number of methoxy groups -OCH3 is 2. The summed E-state index contributed by atoms with van der Waals surface area (Å²) < 4.78 is 45.2. The number of benzene rings is 10. The Morgan fingerprint density at radius 1 is 0.377 bits per heavy atom. The summed E-state index contributed by atoms with van der Waals surface area (Å²) in [6.45, 7) is 15.9. The van der Waals surface area contributed by atoms with Gasteiger partial charge in [-0.05, 0) is 230 Å². The number of ether oxygens (including phenoxy) is 6. The summed E-state index contributed by atoms with van der Waals surface area (Å²) in [5.74, 6) is 2.94. The van der Waals surface area contributed by atoms with Gasteiger partial charge in [-0.3, -0.25) is 19.2 Å². The average molecular weight is 1680 g/mol. The van der Waals surface area contributed by atoms with Crippen LogP contribution >= 0.6 is 0 Å². The summed E-state index contributed by atoms with van der Waals surface area (Å²) in [6.07, 6.45) is -3.16. The molecular formula is C98H90O22Si2-2. The monoisotopic (exact) mass is 1670 g/mol. The molecule has 8 N–H and O–H groups in total. The predicted molar refractivity (Wildman–Crippen MR) is 465 cm³/mol. The van der Waals surface area contributed by atoms with Crippen molar-refractivity contribution >= 4 is 71.2 Å². The van der Waals surface area contributed by atoms with Crippen molar-refractivity contribution in [2.24, 2.45) is 0 Å². The molecule has 22 nitrogen and oxygen atoms in total. The minimum atomic E-state index is -2.35. The fraction of sp³-hybridized carbons (Fsp3) is 0.224. The normalized spacial score (nSPS) is 21.6. The molecule has 0 radical (unpaired) electrons. The Kier molecular flexibility index (Phi) is 23.9. The van der Waals surface area contributed by atoms with E-state index in [2.05, 4.69) is 64.3 Å². The zero-order valence-corrected chi connectivity index (χ0v) is 70.4. The van der Waals surface area contributed by atoms with Gasteiger partial charge in [0, 0.05) is 51.2 Å². The highest BCUT2D eigenvalue weighted by Gasteiger charge is 2.48. The van der Waals surface area contributed by atoms with Crippen molar-refractivity contribution in [1.29, 1.82) is 0 Å². The van der Waals surface area contributed by atoms with Crippen molar-refractivity contribution in [1.82, 2.24) is 0 Å². The van der Waals surface area contributed by atoms with Gasteiger partial charge in [0.15, 0.2) is 22.4 Å². The molecule has 0 bridgehead atoms. The molecule has 2 fully saturated rings. The maximum absolute atomic E-state index is 12.4. The Labute approximate surface area is 704 Å². The number of carbonyl (C=O) groups excluding carboxylic acids is 2. The van der Waals surface area contributed by atoms with Gasteiger partial charge in [0.2, 0.25) is 12.6 Å². The van der Waals surface area contributed by atoms with E-state index < -0.39 is 90.8 Å². The standard InChI is InChI=1S/C28H30O7Si.C27H26O9.C22H20O2Si.C21H16O4/c1-15-6-4-5-7-18(15)24-19-10-8-16(30)12-22(19)36(2,3)23-13-17(9-11-20(23)24)34-28-27(33)26(32)25(31)21(14-29)35-28;1-13-9-15(33-2)4-7-17(13)23-18-6-3-14(29)10-20(18)35-21-11-16(5-8-19(21)23)34-27-26(32)25(31)24(30)22(12-28)36-27;1-14-6-4-5-7-17(14)22-18-10-8-15(23)12-20(18)25(2,3)21-13-16(24)9-11-19(21)22;1-12-9-15(24-2)5-8-16(12)21-17-6-3-13(22)10-19(17)25-20-11-14(23)4-7-18(20)21/h4-13,21,25-29,31-33H,14H2,1-3H3;3-11,22,24-28,30-32H,12H2,1-2H3;4-13,23H,1-3H3;3-11,22H,1-2H3/p-2/t21-,25+,26+,27-,28-;22-,24+,25+,26-,27-;;/m11../s1. The largest absolute Gasteiger partial charge is 0.872 e. The third-order valence-electron chi connectivity index (χ3n) is 23.5. The molecule has 0 unspecified atom stereocenters. The Morgan fingerprint density at radius 3 is 1.21 bits per heavy atom. The van der Waals surface area contributed by atoms with Gasteiger partial charge >= 0.3 is 0 Å². The molecule has 6 aliphatic heterocycles. The number of fused-ring (bicyclic) bond motifs is 8. The van der Waals surface area contributed by atoms with Gasteiger partial charge in [-0.25, -0.2) is 0 Å². The fourth-order valence-corrected chi connectivity index (χ4v) is 23.1. The lowest BCUT2D eigenvalue weighted by Crippen LogP contribution is -2.60. The highest BCUT2D eigenvalue weighted by molar-refractivity contribution is 6.98. The van der Waals surface area contributed by atoms with Gasteiger partial charge in [-0.15, -0.1) is 11.5 Å². The van der Waals surface area contributed by atoms with Gasteiger partial charge in [0.05, 0.1) is 27.4 Å². The van der Waals surface area contributed by atoms with Crippen molar-refractivity contribution in [2.75, 3.05) is 27.4 Å². The molecule has 10 atom stereocenters. The highest BCUT2D eigenvalue weighted by Crippen LogP contribution is 2.48. The third-order valence-corrected chi connectivity index (χ3v) is 30.5. The first kappa shape index (κ1) is 84.8. The maximum atomic E-state index is 12.4. The average Bonchev–Trinajstić information content (AvgIpc) is 0.738. The van der Waals surface area contributed by atoms with Crippen molar-refractivity contribution in [3.63, 3.8) is 0 Å². The van der Waals surface area contributed by atoms with Crippen molar-refractivity contribution < 1.29 is 97.9 Å². The van der Waals surface area contributed by atoms with E-state index in [1.54, 1.807) is 93.1 Å². The van der Waals surface area contributed by atoms with Crippen LogP contribution in [0.15, 0.2) is 271 Å². The van der Waals surface area contributed by atoms with Crippen LogP contribution in [-0.2, 0) is 19.1 Å². The molecule has 8 aromatic carbocycles. The lowest BCUT2D eigenvalue weighted by molar-refractivity contribution is -0.277. The lowest BCUT2D eigenvalue weighted by atomic mass is 9.88. The second-order valence-electron chi connectivity index (χ2n) is 32.0. The molecule has 0 saturated carbocycles. The smallest absolute Gasteiger partial charge is 0.229 e. The van der Waals surface area contributed by atoms with Gasteiger partial charge in [0.25, 0.3) is 0 Å². The Hall–Kier alpha value is -12.2. The quantitative estimate of drug-likeness (QED) is 0.0416. The SMILES string of the molecule is COc1ccc(-c2c3ccc(=O)cc-3oc3cc(O[C@@H]4O[C@H](CO)[C@H](O)[C@H](O)[C@H]4O)ccc23)c(C)c1.COc1ccc(-c2c3ccc(=O)cc-3oc3cc([O-])ccc23)c(C)c1.Cc1ccccc1C1=C2C=CC(=O)C=C2[Si](C)(C)c2cc(O[C@@H]3O[C@H](CO)[C@H](O)[C@H](O)[C@H]3O)ccc21.Cc1ccccc1C1=C2C=CC(=O)C=C2[Si](C)(C)c2cc([O-])ccc21. The number of aryl methyl sites for hydroxylation is 4. The van der Waals surface area contributed by atoms with Crippen LogP contribution in [0, 0.1) is 27.7 Å². The van der Waals surface area contributed by atoms with Crippen LogP contribution in [0.5, 0.6) is 34.5 Å². The molecular weight excluding hydrogens is 1590 g/mol. The van der Waals surface area contributed by atoms with E-state index in [1.807, 2.05) is 105 Å². The van der Waals surface area contributed by atoms with Crippen molar-refractivity contribution in [3.8, 4) is 79.4 Å². The van der Waals surface area contributed by atoms with Gasteiger partial charge in [-0.2, -0.15) is 0 Å². The summed E-state index contributed by atoms with van der Waals surface area (Å²) >= 11 is 0. The van der Waals surface area contributed by atoms with Crippen molar-refractivity contribution in [3.05, 3.63) is 317 Å². The number of ketones is 2. The number of hydrogen-bond donors (Lipinski definition) is 8. The molecule has 0 amide bonds. The van der Waals surface area contributed by atoms with E-state index >= 15 is 0 Å². The van der Waals surface area contributed by atoms with Gasteiger partial charge < -0.3 is 88.3 Å². The minimum Gasteiger partial charge on any atom is -0.872 e. The molecule has 0 spiro atoms. The Balaban J connectivity index is 0.000000128. The number of carbonyl (C=O) groups is 2. The minimum absolute atomic E-state index is 0.0318. The topological polar surface area (TPSA) is 358 Å². The molecule has 10 aliphatic rings. The van der Waals surface area contributed by atoms with Gasteiger partial charge in [-0.1, -0.05) is 135 Å². The summed E-state index contributed by atoms with van der Waals surface area (Å²) in [6, 6.07) is 58.3. The van der Waals surface area contributed by atoms with Crippen LogP contribution < -0.4 is 50.4 Å². The van der Waals surface area contributed by atoms with Crippen LogP contribution in [0.2, 0.25) is 26.2 Å². The molecule has 24 heteroatoms. The molecule has 8 aromatic rings. The predicted octanol–water partition coefficient (Wildman–Crippen LogP) is 10.9. The maximum Gasteiger partial charge on any atom is 0.229 e. The van der Waals surface area contributed by atoms with Crippen molar-refractivity contribution in [2.45, 2.75) is 115 Å². The van der Waals surface area contributed by atoms with E-state index in [0.29, 0.717) is 28.4 Å². The van der Waals surface area contributed by atoms with Crippen LogP contribution in [0.25, 0.3) is 78.0 Å². The van der Waals surface area contributed by atoms with Crippen LogP contribution in [0.3, 0.4) is 0 Å². The van der Waals surface area contributed by atoms with Gasteiger partial charge in [0.1, 0.15) is 111 Å². The number of aliphatic hydroxyl groups excluding tert-OH is 8. The molecule has 18 rings (SSSR count). The van der Waals surface area contributed by atoms with E-state index in [-0.39, 0.29) is 39.7 Å². The molecule has 6 heterocycles. The second kappa shape index (κ2) is 34.3. The summed E-state index contributed by atoms with van der Waals surface area (Å²) in [5.41, 5.74) is 19.0. The summed E-state index contributed by atoms with van der Waals surface area (Å²) in [5, 5.41) is 110. The zero-order valence-electron chi connectivity index (χ0n) is 68.4. The molecule has 624 valence electrons. The van der Waals surface area contributed by atoms with Crippen LogP contribution in [0.4, 0.5) is 0 Å². The fourth-order valence-electron chi connectivity index (χ4n) is 17.0. The highest BCUT2D eigenvalue weighted by atomic mass is 28.3. The van der Waals surface area contributed by atoms with Crippen LogP contribution in [0.1, 0.15) is 44.5 Å². The number of hydrogen-bond acceptors (Lipinski definition) is 22. The Morgan fingerprint density at radius 2 is 0.762 bits per heavy atom. The molecule has 2 saturated heterocycles. The zero-order chi connectivity index (χ0) is 86.7.